The molecule has 1 amide bonds. The van der Waals surface area contributed by atoms with Gasteiger partial charge in [0.25, 0.3) is 25.8 Å². The van der Waals surface area contributed by atoms with Crippen molar-refractivity contribution in [3.63, 3.8) is 0 Å². The highest BCUT2D eigenvalue weighted by Crippen LogP contribution is 2.30. The Morgan fingerprint density at radius 3 is 1.84 bits per heavy atom. The van der Waals surface area contributed by atoms with Gasteiger partial charge in [-0.1, -0.05) is 82.8 Å². The van der Waals surface area contributed by atoms with Crippen LogP contribution in [-0.4, -0.2) is 76.3 Å². The third kappa shape index (κ3) is 16.6. The standard InChI is InChI=1S/C41H66N2O10S2/c1-33(54(46,47)48)18-14-10-6-8-12-16-27-41(5,55(49,50)51)28-17-13-9-7-11-15-19-34-20-22-35(23-21-34)43-31-26-37(32-38(43)44)52-36-24-29-42(30-25-36)39(45)53-40(2,3)4/h20-23,26,31-33,36H,6-19,24-25,27-30H2,1-5H3,(H,46,47,48)(H,49,50,51). The minimum Gasteiger partial charge on any atom is -0.490 e. The molecule has 3 rings (SSSR count). The Morgan fingerprint density at radius 2 is 1.33 bits per heavy atom. The summed E-state index contributed by atoms with van der Waals surface area (Å²) in [4.78, 5) is 27.0. The van der Waals surface area contributed by atoms with E-state index < -0.39 is 35.8 Å². The maximum Gasteiger partial charge on any atom is 0.410 e. The van der Waals surface area contributed by atoms with Crippen molar-refractivity contribution in [3.05, 3.63) is 58.5 Å². The fourth-order valence-electron chi connectivity index (χ4n) is 6.95. The predicted octanol–water partition coefficient (Wildman–Crippen LogP) is 8.93. The highest BCUT2D eigenvalue weighted by Gasteiger charge is 2.36. The van der Waals surface area contributed by atoms with Crippen molar-refractivity contribution in [2.75, 3.05) is 13.1 Å². The lowest BCUT2D eigenvalue weighted by atomic mass is 9.94. The van der Waals surface area contributed by atoms with Gasteiger partial charge in [0.1, 0.15) is 17.5 Å². The summed E-state index contributed by atoms with van der Waals surface area (Å²) in [7, 11) is -8.16. The van der Waals surface area contributed by atoms with E-state index >= 15 is 0 Å². The summed E-state index contributed by atoms with van der Waals surface area (Å²) < 4.78 is 77.7. The van der Waals surface area contributed by atoms with Crippen LogP contribution in [0.3, 0.4) is 0 Å². The number of ether oxygens (including phenoxy) is 2. The van der Waals surface area contributed by atoms with Gasteiger partial charge in [0.05, 0.1) is 10.00 Å². The first-order valence-electron chi connectivity index (χ1n) is 20.2. The van der Waals surface area contributed by atoms with Crippen molar-refractivity contribution >= 4 is 26.3 Å². The van der Waals surface area contributed by atoms with Crippen molar-refractivity contribution in [1.29, 1.82) is 0 Å². The molecule has 55 heavy (non-hydrogen) atoms. The minimum atomic E-state index is -4.18. The Labute approximate surface area is 329 Å². The fourth-order valence-corrected chi connectivity index (χ4v) is 8.22. The molecule has 312 valence electrons. The topological polar surface area (TPSA) is 170 Å². The molecule has 1 saturated heterocycles. The SMILES string of the molecule is CC(CCCCCCCCC(C)(CCCCCCCCc1ccc(-n2ccc(OC3CCN(C(=O)OC(C)(C)C)CC3)cc2=O)cc1)S(=O)(=O)O)S(=O)(=O)O. The van der Waals surface area contributed by atoms with Gasteiger partial charge in [-0.15, -0.1) is 0 Å². The van der Waals surface area contributed by atoms with E-state index in [4.69, 9.17) is 14.0 Å². The summed E-state index contributed by atoms with van der Waals surface area (Å²) in [5.41, 5.74) is 1.27. The number of rotatable bonds is 23. The van der Waals surface area contributed by atoms with Crippen LogP contribution in [0.15, 0.2) is 47.4 Å². The molecule has 14 heteroatoms. The van der Waals surface area contributed by atoms with Gasteiger partial charge in [0.2, 0.25) is 0 Å². The number of carbonyl (C=O) groups is 1. The molecule has 2 heterocycles. The van der Waals surface area contributed by atoms with E-state index in [-0.39, 0.29) is 17.8 Å². The quantitative estimate of drug-likeness (QED) is 0.0816. The third-order valence-electron chi connectivity index (χ3n) is 10.6. The minimum absolute atomic E-state index is 0.0787. The van der Waals surface area contributed by atoms with Crippen LogP contribution >= 0.6 is 0 Å². The van der Waals surface area contributed by atoms with Crippen molar-refractivity contribution in [3.8, 4) is 11.4 Å². The second kappa shape index (κ2) is 21.5. The number of aryl methyl sites for hydroxylation is 1. The second-order valence-electron chi connectivity index (χ2n) is 16.6. The molecule has 2 atom stereocenters. The number of likely N-dealkylation sites (tertiary alicyclic amines) is 1. The lowest BCUT2D eigenvalue weighted by Crippen LogP contribution is -2.44. The smallest absolute Gasteiger partial charge is 0.410 e. The number of aromatic nitrogens is 1. The number of piperidine rings is 1. The van der Waals surface area contributed by atoms with E-state index in [9.17, 15) is 31.0 Å². The van der Waals surface area contributed by atoms with Crippen molar-refractivity contribution in [2.24, 2.45) is 0 Å². The van der Waals surface area contributed by atoms with E-state index in [2.05, 4.69) is 12.1 Å². The molecule has 0 aliphatic carbocycles. The van der Waals surface area contributed by atoms with Crippen molar-refractivity contribution < 1.29 is 40.2 Å². The Hall–Kier alpha value is -2.94. The number of hydrogen-bond acceptors (Lipinski definition) is 8. The lowest BCUT2D eigenvalue weighted by molar-refractivity contribution is 0.0126. The molecule has 1 fully saturated rings. The monoisotopic (exact) mass is 810 g/mol. The van der Waals surface area contributed by atoms with Gasteiger partial charge >= 0.3 is 6.09 Å². The molecular formula is C41H66N2O10S2. The largest absolute Gasteiger partial charge is 0.490 e. The predicted molar refractivity (Wildman–Crippen MR) is 217 cm³/mol. The number of hydrogen-bond donors (Lipinski definition) is 2. The van der Waals surface area contributed by atoms with E-state index in [1.54, 1.807) is 28.7 Å². The summed E-state index contributed by atoms with van der Waals surface area (Å²) in [6.45, 7) is 9.78. The average Bonchev–Trinajstić information content (AvgIpc) is 3.09. The van der Waals surface area contributed by atoms with Crippen LogP contribution in [0.5, 0.6) is 5.75 Å². The summed E-state index contributed by atoms with van der Waals surface area (Å²) >= 11 is 0. The van der Waals surface area contributed by atoms with Gasteiger partial charge in [-0.25, -0.2) is 4.79 Å². The van der Waals surface area contributed by atoms with E-state index in [0.717, 1.165) is 82.7 Å². The molecule has 2 aromatic rings. The molecule has 1 aromatic carbocycles. The first-order chi connectivity index (χ1) is 25.8. The zero-order chi connectivity index (χ0) is 40.7. The number of carbonyl (C=O) groups excluding carboxylic acids is 1. The molecule has 2 N–H and O–H groups in total. The molecule has 0 spiro atoms. The summed E-state index contributed by atoms with van der Waals surface area (Å²) in [6.07, 6.45) is 15.6. The van der Waals surface area contributed by atoms with Crippen LogP contribution in [0, 0.1) is 0 Å². The van der Waals surface area contributed by atoms with Crippen molar-refractivity contribution in [1.82, 2.24) is 9.47 Å². The number of pyridine rings is 1. The summed E-state index contributed by atoms with van der Waals surface area (Å²) in [6, 6.07) is 11.3. The van der Waals surface area contributed by atoms with Gasteiger partial charge in [-0.05, 0) is 90.5 Å². The first-order valence-corrected chi connectivity index (χ1v) is 23.1. The van der Waals surface area contributed by atoms with Crippen LogP contribution in [-0.2, 0) is 31.4 Å². The second-order valence-corrected chi connectivity index (χ2v) is 20.3. The maximum absolute atomic E-state index is 13.0. The fraction of sp³-hybridized carbons (Fsp3) is 0.707. The van der Waals surface area contributed by atoms with E-state index in [0.29, 0.717) is 57.4 Å². The molecule has 1 aliphatic rings. The zero-order valence-electron chi connectivity index (χ0n) is 33.7. The molecule has 1 aliphatic heterocycles. The Balaban J connectivity index is 1.30. The molecule has 0 saturated carbocycles. The van der Waals surface area contributed by atoms with Crippen molar-refractivity contribution in [2.45, 2.75) is 172 Å². The Bertz CT molecular complexity index is 1750. The number of amides is 1. The van der Waals surface area contributed by atoms with Crippen LogP contribution in [0.2, 0.25) is 0 Å². The first kappa shape index (κ1) is 46.4. The van der Waals surface area contributed by atoms with Crippen LogP contribution < -0.4 is 10.3 Å². The van der Waals surface area contributed by atoms with Crippen LogP contribution in [0.1, 0.15) is 149 Å². The van der Waals surface area contributed by atoms with E-state index in [1.807, 2.05) is 32.9 Å². The van der Waals surface area contributed by atoms with Crippen LogP contribution in [0.25, 0.3) is 5.69 Å². The Kier molecular flexibility index (Phi) is 18.2. The molecule has 0 bridgehead atoms. The highest BCUT2D eigenvalue weighted by molar-refractivity contribution is 7.87. The number of nitrogens with zero attached hydrogens (tertiary/aromatic N) is 2. The molecule has 12 nitrogen and oxygen atoms in total. The van der Waals surface area contributed by atoms with Gasteiger partial charge in [-0.2, -0.15) is 16.8 Å². The van der Waals surface area contributed by atoms with E-state index in [1.165, 1.54) is 18.6 Å². The van der Waals surface area contributed by atoms with Gasteiger partial charge in [-0.3, -0.25) is 18.5 Å². The summed E-state index contributed by atoms with van der Waals surface area (Å²) in [5.74, 6) is 0.519. The van der Waals surface area contributed by atoms with Gasteiger partial charge < -0.3 is 14.4 Å². The normalized spacial score (nSPS) is 16.1. The molecule has 1 aromatic heterocycles. The number of unbranched alkanes of at least 4 members (excludes halogenated alkanes) is 10. The lowest BCUT2D eigenvalue weighted by Gasteiger charge is -2.33. The highest BCUT2D eigenvalue weighted by atomic mass is 32.2. The maximum atomic E-state index is 13.0. The third-order valence-corrected chi connectivity index (χ3v) is 13.5. The average molecular weight is 811 g/mol. The molecule has 0 radical (unpaired) electrons. The van der Waals surface area contributed by atoms with Gasteiger partial charge in [0, 0.05) is 43.9 Å². The molecule has 2 unspecified atom stereocenters. The Morgan fingerprint density at radius 1 is 0.800 bits per heavy atom. The van der Waals surface area contributed by atoms with Gasteiger partial charge in [0.15, 0.2) is 0 Å². The molecular weight excluding hydrogens is 745 g/mol. The number of benzene rings is 1. The zero-order valence-corrected chi connectivity index (χ0v) is 35.3. The summed E-state index contributed by atoms with van der Waals surface area (Å²) in [5, 5.41) is -0.752. The van der Waals surface area contributed by atoms with Crippen LogP contribution in [0.4, 0.5) is 4.79 Å².